The van der Waals surface area contributed by atoms with Gasteiger partial charge in [-0.3, -0.25) is 0 Å². The Bertz CT molecular complexity index is 886. The number of rotatable bonds is 5. The summed E-state index contributed by atoms with van der Waals surface area (Å²) < 4.78 is 43.3. The Hall–Kier alpha value is -2.67. The lowest BCUT2D eigenvalue weighted by molar-refractivity contribution is -0.192. The molecule has 4 rings (SSSR count). The molecular weight excluding hydrogens is 451 g/mol. The Kier molecular flexibility index (Phi) is 7.72. The van der Waals surface area contributed by atoms with Crippen LogP contribution in [0.3, 0.4) is 0 Å². The fraction of sp³-hybridized carbons (Fsp3) is 0.579. The summed E-state index contributed by atoms with van der Waals surface area (Å²) in [5.74, 6) is -0.724. The summed E-state index contributed by atoms with van der Waals surface area (Å²) in [6.45, 7) is 3.59. The number of nitrogens with zero attached hydrogens (tertiary/aromatic N) is 4. The van der Waals surface area contributed by atoms with E-state index in [1.54, 1.807) is 24.8 Å². The van der Waals surface area contributed by atoms with Crippen molar-refractivity contribution in [2.75, 3.05) is 43.6 Å². The number of carboxylic acid groups (broad SMARTS) is 1. The van der Waals surface area contributed by atoms with Crippen LogP contribution in [0.1, 0.15) is 19.3 Å². The van der Waals surface area contributed by atoms with Gasteiger partial charge in [-0.25, -0.2) is 19.7 Å². The Morgan fingerprint density at radius 3 is 2.88 bits per heavy atom. The summed E-state index contributed by atoms with van der Waals surface area (Å²) in [6, 6.07) is 1.90. The molecule has 0 amide bonds. The fourth-order valence-corrected chi connectivity index (χ4v) is 4.34. The Morgan fingerprint density at radius 2 is 2.22 bits per heavy atom. The van der Waals surface area contributed by atoms with E-state index in [1.165, 1.54) is 0 Å². The Morgan fingerprint density at radius 1 is 1.44 bits per heavy atom. The number of thiazole rings is 1. The Balaban J connectivity index is 0.000000360. The fourth-order valence-electron chi connectivity index (χ4n) is 3.80. The zero-order valence-corrected chi connectivity index (χ0v) is 18.2. The van der Waals surface area contributed by atoms with Gasteiger partial charge in [-0.1, -0.05) is 0 Å². The number of carbonyl (C=O) groups is 1. The highest BCUT2D eigenvalue weighted by atomic mass is 32.1. The van der Waals surface area contributed by atoms with Crippen molar-refractivity contribution < 1.29 is 32.5 Å². The maximum atomic E-state index is 10.6. The van der Waals surface area contributed by atoms with Crippen molar-refractivity contribution in [1.29, 1.82) is 0 Å². The van der Waals surface area contributed by atoms with Gasteiger partial charge in [0.15, 0.2) is 5.13 Å². The summed E-state index contributed by atoms with van der Waals surface area (Å²) in [7, 11) is 1.63. The van der Waals surface area contributed by atoms with Gasteiger partial charge >= 0.3 is 12.1 Å². The highest BCUT2D eigenvalue weighted by Crippen LogP contribution is 2.38. The molecule has 0 bridgehead atoms. The summed E-state index contributed by atoms with van der Waals surface area (Å²) in [5.41, 5.74) is -0.0638. The molecular formula is C19H24F3N5O4S. The molecule has 32 heavy (non-hydrogen) atoms. The first-order valence-electron chi connectivity index (χ1n) is 9.89. The van der Waals surface area contributed by atoms with Crippen molar-refractivity contribution in [3.8, 4) is 5.88 Å². The number of methoxy groups -OCH3 is 1. The van der Waals surface area contributed by atoms with Gasteiger partial charge in [-0.15, -0.1) is 11.3 Å². The van der Waals surface area contributed by atoms with Crippen LogP contribution in [0, 0.1) is 5.92 Å². The van der Waals surface area contributed by atoms with E-state index in [2.05, 4.69) is 25.2 Å². The standard InChI is InChI=1S/C17H23N5O2S.C2HF3O2/c1-23-15-7-14(20-12-21-15)22-5-2-3-17(11-22)8-13(10-24-17)9-19-16-18-4-6-25-16;3-2(4,5)1(6)7/h4,6-7,12-13H,2-3,5,8-11H2,1H3,(H,18,19);(H,6,7). The van der Waals surface area contributed by atoms with Crippen molar-refractivity contribution >= 4 is 28.3 Å². The monoisotopic (exact) mass is 475 g/mol. The smallest absolute Gasteiger partial charge is 0.481 e. The number of carboxylic acids is 1. The van der Waals surface area contributed by atoms with Crippen LogP contribution >= 0.6 is 11.3 Å². The lowest BCUT2D eigenvalue weighted by Gasteiger charge is -2.40. The number of hydrogen-bond donors (Lipinski definition) is 2. The number of alkyl halides is 3. The van der Waals surface area contributed by atoms with Gasteiger partial charge in [0, 0.05) is 43.2 Å². The van der Waals surface area contributed by atoms with E-state index < -0.39 is 12.1 Å². The summed E-state index contributed by atoms with van der Waals surface area (Å²) in [6.07, 6.45) is 1.60. The molecule has 2 aliphatic rings. The summed E-state index contributed by atoms with van der Waals surface area (Å²) in [5, 5.41) is 13.5. The molecule has 4 heterocycles. The number of anilines is 2. The van der Waals surface area contributed by atoms with Gasteiger partial charge in [0.2, 0.25) is 5.88 Å². The van der Waals surface area contributed by atoms with Crippen LogP contribution in [-0.2, 0) is 9.53 Å². The van der Waals surface area contributed by atoms with E-state index in [0.29, 0.717) is 11.8 Å². The van der Waals surface area contributed by atoms with E-state index in [-0.39, 0.29) is 5.60 Å². The number of aliphatic carboxylic acids is 1. The van der Waals surface area contributed by atoms with E-state index >= 15 is 0 Å². The van der Waals surface area contributed by atoms with Gasteiger partial charge < -0.3 is 24.8 Å². The minimum Gasteiger partial charge on any atom is -0.481 e. The lowest BCUT2D eigenvalue weighted by Crippen LogP contribution is -2.48. The number of hydrogen-bond acceptors (Lipinski definition) is 9. The van der Waals surface area contributed by atoms with Crippen LogP contribution in [0.5, 0.6) is 5.88 Å². The molecule has 9 nitrogen and oxygen atoms in total. The normalized spacial score (nSPS) is 22.9. The molecule has 1 spiro atoms. The minimum atomic E-state index is -5.08. The van der Waals surface area contributed by atoms with Crippen LogP contribution in [0.4, 0.5) is 24.1 Å². The topological polar surface area (TPSA) is 110 Å². The predicted octanol–water partition coefficient (Wildman–Crippen LogP) is 3.06. The maximum absolute atomic E-state index is 10.6. The van der Waals surface area contributed by atoms with Gasteiger partial charge in [-0.05, 0) is 19.3 Å². The first-order chi connectivity index (χ1) is 15.2. The molecule has 2 N–H and O–H groups in total. The minimum absolute atomic E-state index is 0.0638. The van der Waals surface area contributed by atoms with E-state index in [4.69, 9.17) is 19.4 Å². The summed E-state index contributed by atoms with van der Waals surface area (Å²) in [4.78, 5) is 24.0. The molecule has 2 unspecified atom stereocenters. The van der Waals surface area contributed by atoms with Gasteiger partial charge in [0.1, 0.15) is 12.1 Å². The molecule has 2 atom stereocenters. The number of nitrogens with one attached hydrogen (secondary N) is 1. The predicted molar refractivity (Wildman–Crippen MR) is 111 cm³/mol. The first-order valence-corrected chi connectivity index (χ1v) is 10.8. The second-order valence-corrected chi connectivity index (χ2v) is 8.42. The van der Waals surface area contributed by atoms with Crippen LogP contribution in [0.15, 0.2) is 24.0 Å². The molecule has 176 valence electrons. The van der Waals surface area contributed by atoms with Crippen LogP contribution < -0.4 is 15.0 Å². The molecule has 2 aliphatic heterocycles. The van der Waals surface area contributed by atoms with Gasteiger partial charge in [0.05, 0.1) is 19.3 Å². The zero-order chi connectivity index (χ0) is 23.2. The second-order valence-electron chi connectivity index (χ2n) is 7.53. The molecule has 13 heteroatoms. The van der Waals surface area contributed by atoms with Crippen molar-refractivity contribution in [2.24, 2.45) is 5.92 Å². The van der Waals surface area contributed by atoms with Crippen LogP contribution in [-0.4, -0.2) is 71.2 Å². The summed E-state index contributed by atoms with van der Waals surface area (Å²) >= 11 is 1.64. The molecule has 0 radical (unpaired) electrons. The van der Waals surface area contributed by atoms with E-state index in [1.807, 2.05) is 17.6 Å². The highest BCUT2D eigenvalue weighted by molar-refractivity contribution is 7.13. The van der Waals surface area contributed by atoms with Crippen molar-refractivity contribution in [2.45, 2.75) is 31.0 Å². The number of ether oxygens (including phenoxy) is 2. The van der Waals surface area contributed by atoms with Crippen molar-refractivity contribution in [3.63, 3.8) is 0 Å². The highest BCUT2D eigenvalue weighted by Gasteiger charge is 2.43. The number of piperidine rings is 1. The zero-order valence-electron chi connectivity index (χ0n) is 17.3. The van der Waals surface area contributed by atoms with E-state index in [0.717, 1.165) is 56.5 Å². The third-order valence-corrected chi connectivity index (χ3v) is 5.93. The maximum Gasteiger partial charge on any atom is 0.490 e. The average Bonchev–Trinajstić information content (AvgIpc) is 3.42. The molecule has 0 aliphatic carbocycles. The van der Waals surface area contributed by atoms with Crippen molar-refractivity contribution in [1.82, 2.24) is 15.0 Å². The largest absolute Gasteiger partial charge is 0.490 e. The quantitative estimate of drug-likeness (QED) is 0.674. The molecule has 0 aromatic carbocycles. The number of aromatic nitrogens is 3. The van der Waals surface area contributed by atoms with Crippen LogP contribution in [0.25, 0.3) is 0 Å². The van der Waals surface area contributed by atoms with Gasteiger partial charge in [0.25, 0.3) is 0 Å². The van der Waals surface area contributed by atoms with E-state index in [9.17, 15) is 13.2 Å². The molecule has 2 aromatic heterocycles. The lowest BCUT2D eigenvalue weighted by atomic mass is 9.86. The molecule has 0 saturated carbocycles. The third-order valence-electron chi connectivity index (χ3n) is 5.20. The molecule has 2 aromatic rings. The number of halogens is 3. The SMILES string of the molecule is COc1cc(N2CCCC3(CC(CNc4nccs4)CO3)C2)ncn1.O=C(O)C(F)(F)F. The molecule has 2 saturated heterocycles. The van der Waals surface area contributed by atoms with Gasteiger partial charge in [-0.2, -0.15) is 13.2 Å². The molecule has 2 fully saturated rings. The second kappa shape index (κ2) is 10.3. The Labute approximate surface area is 186 Å². The average molecular weight is 475 g/mol. The first kappa shape index (κ1) is 24.0. The van der Waals surface area contributed by atoms with Crippen molar-refractivity contribution in [3.05, 3.63) is 24.0 Å². The van der Waals surface area contributed by atoms with Crippen LogP contribution in [0.2, 0.25) is 0 Å². The third kappa shape index (κ3) is 6.42.